The Labute approximate surface area is 112 Å². The topological polar surface area (TPSA) is 12.0 Å². The van der Waals surface area contributed by atoms with Gasteiger partial charge >= 0.3 is 0 Å². The molecule has 4 heteroatoms. The highest BCUT2D eigenvalue weighted by Gasteiger charge is 2.16. The monoisotopic (exact) mass is 279 g/mol. The van der Waals surface area contributed by atoms with E-state index in [1.165, 1.54) is 0 Å². The third-order valence-electron chi connectivity index (χ3n) is 2.48. The Balaban J connectivity index is 2.63. The average molecular weight is 281 g/mol. The van der Waals surface area contributed by atoms with E-state index in [0.717, 1.165) is 17.0 Å². The summed E-state index contributed by atoms with van der Waals surface area (Å²) < 4.78 is 0. The van der Waals surface area contributed by atoms with Crippen LogP contribution >= 0.6 is 34.8 Å². The summed E-state index contributed by atoms with van der Waals surface area (Å²) in [7, 11) is 0. The third-order valence-corrected chi connectivity index (χ3v) is 3.28. The molecule has 1 aromatic carbocycles. The Morgan fingerprint density at radius 3 is 2.56 bits per heavy atom. The van der Waals surface area contributed by atoms with Crippen LogP contribution in [0.3, 0.4) is 0 Å². The van der Waals surface area contributed by atoms with Crippen LogP contribution in [-0.4, -0.2) is 11.4 Å². The number of hydrogen-bond acceptors (Lipinski definition) is 1. The van der Waals surface area contributed by atoms with Gasteiger partial charge in [-0.1, -0.05) is 23.2 Å². The van der Waals surface area contributed by atoms with Gasteiger partial charge in [0.1, 0.15) is 0 Å². The van der Waals surface area contributed by atoms with Gasteiger partial charge in [0, 0.05) is 28.0 Å². The highest BCUT2D eigenvalue weighted by molar-refractivity contribution is 6.33. The van der Waals surface area contributed by atoms with E-state index in [4.69, 9.17) is 34.8 Å². The van der Waals surface area contributed by atoms with Crippen molar-refractivity contribution in [1.29, 1.82) is 0 Å². The summed E-state index contributed by atoms with van der Waals surface area (Å²) in [4.78, 5) is 0. The highest BCUT2D eigenvalue weighted by Crippen LogP contribution is 2.21. The first-order valence-corrected chi connectivity index (χ1v) is 6.48. The van der Waals surface area contributed by atoms with Gasteiger partial charge in [-0.05, 0) is 44.0 Å². The predicted molar refractivity (Wildman–Crippen MR) is 72.7 cm³/mol. The van der Waals surface area contributed by atoms with Crippen LogP contribution in [0.1, 0.15) is 25.8 Å². The number of halogens is 3. The zero-order chi connectivity index (χ0) is 12.2. The second-order valence-electron chi connectivity index (χ2n) is 4.41. The van der Waals surface area contributed by atoms with Gasteiger partial charge < -0.3 is 5.32 Å². The molecule has 0 radical (unpaired) electrons. The van der Waals surface area contributed by atoms with Crippen LogP contribution in [0, 0.1) is 0 Å². The molecule has 0 spiro atoms. The van der Waals surface area contributed by atoms with E-state index in [-0.39, 0.29) is 5.54 Å². The fraction of sp³-hybridized carbons (Fsp3) is 0.500. The van der Waals surface area contributed by atoms with E-state index in [0.29, 0.717) is 17.4 Å². The molecule has 0 aromatic heterocycles. The van der Waals surface area contributed by atoms with Crippen LogP contribution in [0.4, 0.5) is 0 Å². The predicted octanol–water partition coefficient (Wildman–Crippen LogP) is 4.49. The van der Waals surface area contributed by atoms with Crippen LogP contribution in [0.2, 0.25) is 10.0 Å². The van der Waals surface area contributed by atoms with E-state index >= 15 is 0 Å². The van der Waals surface area contributed by atoms with E-state index in [2.05, 4.69) is 19.2 Å². The summed E-state index contributed by atoms with van der Waals surface area (Å²) in [5.74, 6) is 0.642. The second kappa shape index (κ2) is 6.11. The maximum Gasteiger partial charge on any atom is 0.0451 e. The number of rotatable bonds is 5. The van der Waals surface area contributed by atoms with Crippen molar-refractivity contribution in [3.8, 4) is 0 Å². The van der Waals surface area contributed by atoms with Gasteiger partial charge in [0.25, 0.3) is 0 Å². The van der Waals surface area contributed by atoms with Crippen molar-refractivity contribution in [1.82, 2.24) is 5.32 Å². The molecule has 1 nitrogen and oxygen atoms in total. The lowest BCUT2D eigenvalue weighted by Crippen LogP contribution is -2.39. The maximum absolute atomic E-state index is 6.08. The molecular weight excluding hydrogens is 264 g/mol. The minimum absolute atomic E-state index is 0.00734. The second-order valence-corrected chi connectivity index (χ2v) is 5.63. The molecule has 0 amide bonds. The van der Waals surface area contributed by atoms with E-state index in [1.807, 2.05) is 12.1 Å². The molecule has 0 aliphatic carbocycles. The number of alkyl halides is 1. The van der Waals surface area contributed by atoms with Crippen molar-refractivity contribution in [2.24, 2.45) is 0 Å². The molecule has 1 aromatic rings. The van der Waals surface area contributed by atoms with Crippen molar-refractivity contribution in [2.75, 3.05) is 5.88 Å². The van der Waals surface area contributed by atoms with E-state index in [9.17, 15) is 0 Å². The molecule has 0 saturated heterocycles. The minimum atomic E-state index is 0.00734. The molecule has 0 heterocycles. The molecule has 90 valence electrons. The Morgan fingerprint density at radius 1 is 1.25 bits per heavy atom. The first-order chi connectivity index (χ1) is 7.44. The van der Waals surface area contributed by atoms with Gasteiger partial charge in [0.05, 0.1) is 0 Å². The number of nitrogens with one attached hydrogen (secondary N) is 1. The lowest BCUT2D eigenvalue weighted by molar-refractivity contribution is 0.376. The highest BCUT2D eigenvalue weighted by atomic mass is 35.5. The summed E-state index contributed by atoms with van der Waals surface area (Å²) in [6, 6.07) is 5.49. The summed E-state index contributed by atoms with van der Waals surface area (Å²) in [6.45, 7) is 4.94. The van der Waals surface area contributed by atoms with Crippen molar-refractivity contribution < 1.29 is 0 Å². The van der Waals surface area contributed by atoms with Crippen LogP contribution in [-0.2, 0) is 6.54 Å². The molecule has 0 aliphatic heterocycles. The molecule has 0 bridgehead atoms. The fourth-order valence-corrected chi connectivity index (χ4v) is 2.19. The maximum atomic E-state index is 6.08. The summed E-state index contributed by atoms with van der Waals surface area (Å²) >= 11 is 17.7. The molecule has 0 fully saturated rings. The Bertz CT molecular complexity index is 350. The van der Waals surface area contributed by atoms with Crippen LogP contribution in [0.5, 0.6) is 0 Å². The quantitative estimate of drug-likeness (QED) is 0.784. The Hall–Kier alpha value is 0.0500. The van der Waals surface area contributed by atoms with Gasteiger partial charge in [-0.25, -0.2) is 0 Å². The first kappa shape index (κ1) is 14.1. The van der Waals surface area contributed by atoms with Crippen molar-refractivity contribution in [3.05, 3.63) is 33.8 Å². The van der Waals surface area contributed by atoms with Gasteiger partial charge in [-0.2, -0.15) is 0 Å². The third kappa shape index (κ3) is 4.50. The summed E-state index contributed by atoms with van der Waals surface area (Å²) in [5, 5.41) is 4.86. The zero-order valence-electron chi connectivity index (χ0n) is 9.49. The minimum Gasteiger partial charge on any atom is -0.308 e. The van der Waals surface area contributed by atoms with E-state index in [1.54, 1.807) is 6.07 Å². The Morgan fingerprint density at radius 2 is 1.94 bits per heavy atom. The fourth-order valence-electron chi connectivity index (χ4n) is 1.34. The van der Waals surface area contributed by atoms with Crippen LogP contribution < -0.4 is 5.32 Å². The lowest BCUT2D eigenvalue weighted by Gasteiger charge is -2.25. The van der Waals surface area contributed by atoms with Gasteiger partial charge in [0.2, 0.25) is 0 Å². The largest absolute Gasteiger partial charge is 0.308 e. The van der Waals surface area contributed by atoms with Crippen molar-refractivity contribution in [3.63, 3.8) is 0 Å². The Kier molecular flexibility index (Phi) is 5.39. The average Bonchev–Trinajstić information content (AvgIpc) is 2.19. The number of benzene rings is 1. The van der Waals surface area contributed by atoms with Crippen LogP contribution in [0.15, 0.2) is 18.2 Å². The van der Waals surface area contributed by atoms with Crippen molar-refractivity contribution >= 4 is 34.8 Å². The molecule has 1 N–H and O–H groups in total. The molecule has 16 heavy (non-hydrogen) atoms. The summed E-state index contributed by atoms with van der Waals surface area (Å²) in [6.07, 6.45) is 0.909. The SMILES string of the molecule is CC(C)(CCCl)NCc1cc(Cl)ccc1Cl. The molecule has 0 saturated carbocycles. The van der Waals surface area contributed by atoms with Gasteiger partial charge in [0.15, 0.2) is 0 Å². The molecular formula is C12H16Cl3N. The number of hydrogen-bond donors (Lipinski definition) is 1. The van der Waals surface area contributed by atoms with Crippen LogP contribution in [0.25, 0.3) is 0 Å². The molecule has 0 aliphatic rings. The summed E-state index contributed by atoms with van der Waals surface area (Å²) in [5.41, 5.74) is 1.02. The standard InChI is InChI=1S/C12H16Cl3N/c1-12(2,5-6-13)16-8-9-7-10(14)3-4-11(9)15/h3-4,7,16H,5-6,8H2,1-2H3. The zero-order valence-corrected chi connectivity index (χ0v) is 11.8. The first-order valence-electron chi connectivity index (χ1n) is 5.19. The van der Waals surface area contributed by atoms with E-state index < -0.39 is 0 Å². The van der Waals surface area contributed by atoms with Gasteiger partial charge in [-0.3, -0.25) is 0 Å². The lowest BCUT2D eigenvalue weighted by atomic mass is 10.0. The van der Waals surface area contributed by atoms with Gasteiger partial charge in [-0.15, -0.1) is 11.6 Å². The normalized spacial score (nSPS) is 11.8. The molecule has 0 atom stereocenters. The molecule has 1 rings (SSSR count). The molecule has 0 unspecified atom stereocenters. The smallest absolute Gasteiger partial charge is 0.0451 e. The van der Waals surface area contributed by atoms with Crippen molar-refractivity contribution in [2.45, 2.75) is 32.4 Å².